The van der Waals surface area contributed by atoms with E-state index in [0.717, 1.165) is 3.92 Å². The molecule has 0 radical (unpaired) electrons. The average Bonchev–Trinajstić information content (AvgIpc) is 1.93. The van der Waals surface area contributed by atoms with Gasteiger partial charge in [-0.1, -0.05) is 29.5 Å². The Morgan fingerprint density at radius 1 is 1.27 bits per heavy atom. The predicted molar refractivity (Wildman–Crippen MR) is 65.5 cm³/mol. The molecule has 66 valence electrons. The summed E-state index contributed by atoms with van der Waals surface area (Å²) >= 11 is 4.90. The first-order valence-electron chi connectivity index (χ1n) is 3.95. The zero-order valence-electron chi connectivity index (χ0n) is 6.76. The minimum absolute atomic E-state index is 0.786. The molecule has 1 unspecified atom stereocenters. The van der Waals surface area contributed by atoms with Crippen molar-refractivity contribution in [2.75, 3.05) is 32.7 Å². The first-order valence-corrected chi connectivity index (χ1v) is 6.16. The molecule has 11 heavy (non-hydrogen) atoms. The fraction of sp³-hybridized carbons (Fsp3) is 1.00. The summed E-state index contributed by atoms with van der Waals surface area (Å²) in [5.41, 5.74) is 0. The summed E-state index contributed by atoms with van der Waals surface area (Å²) in [6, 6.07) is 0. The molecule has 0 bridgehead atoms. The third-order valence-corrected chi connectivity index (χ3v) is 3.19. The third-order valence-electron chi connectivity index (χ3n) is 1.83. The molecule has 0 saturated carbocycles. The maximum Gasteiger partial charge on any atom is 0.0209 e. The van der Waals surface area contributed by atoms with Gasteiger partial charge in [0.1, 0.15) is 0 Å². The molecule has 1 saturated heterocycles. The standard InChI is InChI=1S/C7H14I2N2/c1-7(8)6-10-2-4-11(9)5-3-10/h7H,2-6H2,1H3. The molecule has 1 fully saturated rings. The monoisotopic (exact) mass is 380 g/mol. The van der Waals surface area contributed by atoms with Crippen LogP contribution in [0.15, 0.2) is 0 Å². The van der Waals surface area contributed by atoms with Crippen molar-refractivity contribution < 1.29 is 0 Å². The molecular formula is C7H14I2N2. The van der Waals surface area contributed by atoms with E-state index in [0.29, 0.717) is 0 Å². The highest BCUT2D eigenvalue weighted by Gasteiger charge is 2.15. The van der Waals surface area contributed by atoms with Gasteiger partial charge in [-0.15, -0.1) is 0 Å². The summed E-state index contributed by atoms with van der Waals surface area (Å²) in [5.74, 6) is 0. The van der Waals surface area contributed by atoms with E-state index < -0.39 is 0 Å². The van der Waals surface area contributed by atoms with Gasteiger partial charge in [0, 0.05) is 59.5 Å². The zero-order valence-corrected chi connectivity index (χ0v) is 11.1. The molecule has 0 aliphatic carbocycles. The van der Waals surface area contributed by atoms with Crippen molar-refractivity contribution >= 4 is 45.5 Å². The summed E-state index contributed by atoms with van der Waals surface area (Å²) in [7, 11) is 0. The van der Waals surface area contributed by atoms with Crippen LogP contribution in [-0.4, -0.2) is 44.7 Å². The van der Waals surface area contributed by atoms with Gasteiger partial charge in [-0.2, -0.15) is 0 Å². The van der Waals surface area contributed by atoms with Crippen molar-refractivity contribution in [3.8, 4) is 0 Å². The smallest absolute Gasteiger partial charge is 0.0209 e. The van der Waals surface area contributed by atoms with E-state index in [-0.39, 0.29) is 0 Å². The van der Waals surface area contributed by atoms with Crippen LogP contribution in [0, 0.1) is 0 Å². The SMILES string of the molecule is CC(I)CN1CCN(I)CC1. The van der Waals surface area contributed by atoms with E-state index in [4.69, 9.17) is 0 Å². The van der Waals surface area contributed by atoms with E-state index in [1.165, 1.54) is 32.7 Å². The van der Waals surface area contributed by atoms with Crippen molar-refractivity contribution in [1.82, 2.24) is 8.01 Å². The Bertz CT molecular complexity index is 111. The second-order valence-corrected chi connectivity index (χ2v) is 6.48. The lowest BCUT2D eigenvalue weighted by atomic mass is 10.3. The van der Waals surface area contributed by atoms with E-state index in [9.17, 15) is 0 Å². The lowest BCUT2D eigenvalue weighted by Crippen LogP contribution is -2.43. The molecule has 1 atom stereocenters. The number of hydrogen-bond donors (Lipinski definition) is 0. The Hall–Kier alpha value is 1.38. The molecule has 1 aliphatic rings. The molecule has 1 rings (SSSR count). The lowest BCUT2D eigenvalue weighted by molar-refractivity contribution is 0.210. The fourth-order valence-electron chi connectivity index (χ4n) is 1.26. The molecule has 2 nitrogen and oxygen atoms in total. The van der Waals surface area contributed by atoms with Crippen LogP contribution >= 0.6 is 45.5 Å². The second-order valence-electron chi connectivity index (χ2n) is 2.99. The third kappa shape index (κ3) is 4.23. The van der Waals surface area contributed by atoms with Crippen molar-refractivity contribution in [3.05, 3.63) is 0 Å². The first-order chi connectivity index (χ1) is 5.18. The van der Waals surface area contributed by atoms with Crippen molar-refractivity contribution in [3.63, 3.8) is 0 Å². The molecule has 1 aliphatic heterocycles. The maximum atomic E-state index is 2.55. The van der Waals surface area contributed by atoms with Crippen LogP contribution in [0.5, 0.6) is 0 Å². The van der Waals surface area contributed by atoms with Gasteiger partial charge in [0.05, 0.1) is 0 Å². The predicted octanol–water partition coefficient (Wildman–Crippen LogP) is 1.78. The highest BCUT2D eigenvalue weighted by atomic mass is 127. The van der Waals surface area contributed by atoms with Crippen LogP contribution in [0.4, 0.5) is 0 Å². The molecular weight excluding hydrogens is 366 g/mol. The number of halogens is 2. The minimum atomic E-state index is 0.786. The Labute approximate surface area is 96.3 Å². The van der Waals surface area contributed by atoms with Gasteiger partial charge in [-0.05, 0) is 0 Å². The van der Waals surface area contributed by atoms with Crippen molar-refractivity contribution in [1.29, 1.82) is 0 Å². The van der Waals surface area contributed by atoms with E-state index in [1.54, 1.807) is 0 Å². The van der Waals surface area contributed by atoms with E-state index in [1.807, 2.05) is 0 Å². The quantitative estimate of drug-likeness (QED) is 0.410. The molecule has 0 spiro atoms. The number of rotatable bonds is 2. The topological polar surface area (TPSA) is 6.48 Å². The van der Waals surface area contributed by atoms with Crippen molar-refractivity contribution in [2.45, 2.75) is 10.8 Å². The van der Waals surface area contributed by atoms with Crippen LogP contribution in [0.3, 0.4) is 0 Å². The van der Waals surface area contributed by atoms with Gasteiger partial charge >= 0.3 is 0 Å². The summed E-state index contributed by atoms with van der Waals surface area (Å²) in [6.07, 6.45) is 0. The molecule has 0 amide bonds. The fourth-order valence-corrected chi connectivity index (χ4v) is 2.25. The van der Waals surface area contributed by atoms with Gasteiger partial charge in [-0.25, -0.2) is 3.11 Å². The van der Waals surface area contributed by atoms with Gasteiger partial charge in [0.25, 0.3) is 0 Å². The molecule has 0 aromatic rings. The van der Waals surface area contributed by atoms with Gasteiger partial charge < -0.3 is 0 Å². The van der Waals surface area contributed by atoms with Gasteiger partial charge in [0.15, 0.2) is 0 Å². The first kappa shape index (κ1) is 10.5. The van der Waals surface area contributed by atoms with E-state index in [2.05, 4.69) is 60.4 Å². The number of hydrogen-bond acceptors (Lipinski definition) is 2. The normalized spacial score (nSPS) is 25.4. The summed E-state index contributed by atoms with van der Waals surface area (Å²) in [6.45, 7) is 8.47. The minimum Gasteiger partial charge on any atom is -0.300 e. The average molecular weight is 380 g/mol. The van der Waals surface area contributed by atoms with Gasteiger partial charge in [0.2, 0.25) is 0 Å². The molecule has 4 heteroatoms. The van der Waals surface area contributed by atoms with Crippen LogP contribution in [0.25, 0.3) is 0 Å². The van der Waals surface area contributed by atoms with Crippen LogP contribution < -0.4 is 0 Å². The number of nitrogens with zero attached hydrogens (tertiary/aromatic N) is 2. The highest BCUT2D eigenvalue weighted by Crippen LogP contribution is 2.09. The van der Waals surface area contributed by atoms with E-state index >= 15 is 0 Å². The Morgan fingerprint density at radius 2 is 1.82 bits per heavy atom. The van der Waals surface area contributed by atoms with Crippen molar-refractivity contribution in [2.24, 2.45) is 0 Å². The van der Waals surface area contributed by atoms with Crippen LogP contribution in [-0.2, 0) is 0 Å². The Kier molecular flexibility index (Phi) is 4.93. The molecule has 0 N–H and O–H groups in total. The van der Waals surface area contributed by atoms with Crippen LogP contribution in [0.1, 0.15) is 6.92 Å². The number of piperazine rings is 1. The largest absolute Gasteiger partial charge is 0.300 e. The molecule has 1 heterocycles. The molecule has 0 aromatic carbocycles. The summed E-state index contributed by atoms with van der Waals surface area (Å²) < 4.78 is 3.15. The molecule has 0 aromatic heterocycles. The lowest BCUT2D eigenvalue weighted by Gasteiger charge is -2.31. The Morgan fingerprint density at radius 3 is 2.27 bits per heavy atom. The summed E-state index contributed by atoms with van der Waals surface area (Å²) in [4.78, 5) is 2.55. The summed E-state index contributed by atoms with van der Waals surface area (Å²) in [5, 5.41) is 0. The Balaban J connectivity index is 2.17. The maximum absolute atomic E-state index is 2.55. The second kappa shape index (κ2) is 5.18. The highest BCUT2D eigenvalue weighted by molar-refractivity contribution is 14.1. The number of alkyl halides is 1. The zero-order chi connectivity index (χ0) is 8.27. The van der Waals surface area contributed by atoms with Gasteiger partial charge in [-0.3, -0.25) is 4.90 Å². The van der Waals surface area contributed by atoms with Crippen LogP contribution in [0.2, 0.25) is 0 Å².